The molecular formula is C21H30N4O5. The summed E-state index contributed by atoms with van der Waals surface area (Å²) in [4.78, 5) is 51.3. The second-order valence-corrected chi connectivity index (χ2v) is 7.15. The zero-order valence-corrected chi connectivity index (χ0v) is 17.8. The maximum atomic E-state index is 12.7. The summed E-state index contributed by atoms with van der Waals surface area (Å²) in [5.41, 5.74) is 1.45. The molecule has 1 aliphatic heterocycles. The van der Waals surface area contributed by atoms with Crippen LogP contribution in [-0.4, -0.2) is 67.9 Å². The average molecular weight is 418 g/mol. The largest absolute Gasteiger partial charge is 0.466 e. The third kappa shape index (κ3) is 6.47. The van der Waals surface area contributed by atoms with Crippen LogP contribution in [0.4, 0.5) is 11.4 Å². The highest BCUT2D eigenvalue weighted by atomic mass is 16.5. The van der Waals surface area contributed by atoms with Crippen molar-refractivity contribution in [3.8, 4) is 0 Å². The summed E-state index contributed by atoms with van der Waals surface area (Å²) in [5.74, 6) is -1.19. The van der Waals surface area contributed by atoms with Gasteiger partial charge in [-0.05, 0) is 30.7 Å². The van der Waals surface area contributed by atoms with Gasteiger partial charge in [-0.25, -0.2) is 0 Å². The molecule has 9 nitrogen and oxygen atoms in total. The van der Waals surface area contributed by atoms with E-state index in [1.54, 1.807) is 31.3 Å². The highest BCUT2D eigenvalue weighted by molar-refractivity contribution is 5.93. The van der Waals surface area contributed by atoms with Crippen LogP contribution < -0.4 is 15.5 Å². The van der Waals surface area contributed by atoms with Crippen LogP contribution >= 0.6 is 0 Å². The number of anilines is 2. The molecule has 0 bridgehead atoms. The van der Waals surface area contributed by atoms with Gasteiger partial charge in [-0.15, -0.1) is 0 Å². The van der Waals surface area contributed by atoms with Crippen LogP contribution in [0, 0.1) is 0 Å². The SMILES string of the molecule is CCCCOC(=O)CC1C(=O)NCCN1C(=O)CNc1ccc(N(C)C(C)=O)cc1. The molecule has 9 heteroatoms. The highest BCUT2D eigenvalue weighted by Crippen LogP contribution is 2.17. The van der Waals surface area contributed by atoms with E-state index in [1.165, 1.54) is 16.7 Å². The van der Waals surface area contributed by atoms with Gasteiger partial charge in [0.2, 0.25) is 17.7 Å². The molecule has 1 aliphatic rings. The summed E-state index contributed by atoms with van der Waals surface area (Å²) < 4.78 is 5.14. The Bertz CT molecular complexity index is 765. The first kappa shape index (κ1) is 23.2. The molecule has 0 saturated carbocycles. The van der Waals surface area contributed by atoms with Gasteiger partial charge in [0.25, 0.3) is 0 Å². The summed E-state index contributed by atoms with van der Waals surface area (Å²) in [6.07, 6.45) is 1.50. The van der Waals surface area contributed by atoms with E-state index in [0.717, 1.165) is 18.5 Å². The molecular weight excluding hydrogens is 388 g/mol. The van der Waals surface area contributed by atoms with Crippen LogP contribution in [0.15, 0.2) is 24.3 Å². The number of carbonyl (C=O) groups excluding carboxylic acids is 4. The quantitative estimate of drug-likeness (QED) is 0.460. The zero-order valence-electron chi connectivity index (χ0n) is 17.8. The fraction of sp³-hybridized carbons (Fsp3) is 0.524. The predicted octanol–water partition coefficient (Wildman–Crippen LogP) is 1.14. The van der Waals surface area contributed by atoms with Crippen LogP contribution in [0.3, 0.4) is 0 Å². The molecule has 164 valence electrons. The number of hydrogen-bond acceptors (Lipinski definition) is 6. The molecule has 0 radical (unpaired) electrons. The molecule has 2 rings (SSSR count). The number of piperazine rings is 1. The maximum absolute atomic E-state index is 12.7. The van der Waals surface area contributed by atoms with Gasteiger partial charge in [-0.1, -0.05) is 13.3 Å². The van der Waals surface area contributed by atoms with Crippen molar-refractivity contribution in [1.29, 1.82) is 0 Å². The molecule has 1 heterocycles. The molecule has 0 spiro atoms. The Morgan fingerprint density at radius 3 is 2.60 bits per heavy atom. The standard InChI is InChI=1S/C21H30N4O5/c1-4-5-12-30-20(28)13-18-21(29)22-10-11-25(18)19(27)14-23-16-6-8-17(9-7-16)24(3)15(2)26/h6-9,18,23H,4-5,10-14H2,1-3H3,(H,22,29). The van der Waals surface area contributed by atoms with E-state index in [9.17, 15) is 19.2 Å². The Morgan fingerprint density at radius 1 is 1.27 bits per heavy atom. The summed E-state index contributed by atoms with van der Waals surface area (Å²) in [6.45, 7) is 4.45. The van der Waals surface area contributed by atoms with Crippen molar-refractivity contribution in [3.05, 3.63) is 24.3 Å². The second kappa shape index (κ2) is 11.2. The average Bonchev–Trinajstić information content (AvgIpc) is 2.73. The fourth-order valence-corrected chi connectivity index (χ4v) is 3.03. The van der Waals surface area contributed by atoms with Gasteiger partial charge < -0.3 is 25.2 Å². The number of carbonyl (C=O) groups is 4. The van der Waals surface area contributed by atoms with E-state index in [2.05, 4.69) is 10.6 Å². The lowest BCUT2D eigenvalue weighted by atomic mass is 10.1. The first-order valence-corrected chi connectivity index (χ1v) is 10.1. The minimum absolute atomic E-state index is 0.0173. The Balaban J connectivity index is 1.93. The minimum Gasteiger partial charge on any atom is -0.466 e. The molecule has 2 N–H and O–H groups in total. The van der Waals surface area contributed by atoms with E-state index >= 15 is 0 Å². The van der Waals surface area contributed by atoms with Crippen LogP contribution in [-0.2, 0) is 23.9 Å². The predicted molar refractivity (Wildman–Crippen MR) is 113 cm³/mol. The summed E-state index contributed by atoms with van der Waals surface area (Å²) in [7, 11) is 1.68. The molecule has 1 atom stereocenters. The maximum Gasteiger partial charge on any atom is 0.308 e. The van der Waals surface area contributed by atoms with Crippen molar-refractivity contribution in [2.75, 3.05) is 43.5 Å². The van der Waals surface area contributed by atoms with Crippen molar-refractivity contribution in [2.24, 2.45) is 0 Å². The Morgan fingerprint density at radius 2 is 1.97 bits per heavy atom. The van der Waals surface area contributed by atoms with Crippen LogP contribution in [0.25, 0.3) is 0 Å². The van der Waals surface area contributed by atoms with Gasteiger partial charge in [-0.3, -0.25) is 19.2 Å². The molecule has 1 unspecified atom stereocenters. The lowest BCUT2D eigenvalue weighted by Crippen LogP contribution is -2.58. The number of ether oxygens (including phenoxy) is 1. The molecule has 3 amide bonds. The fourth-order valence-electron chi connectivity index (χ4n) is 3.03. The third-order valence-electron chi connectivity index (χ3n) is 4.94. The number of nitrogens with zero attached hydrogens (tertiary/aromatic N) is 2. The van der Waals surface area contributed by atoms with Gasteiger partial charge in [0.15, 0.2) is 0 Å². The van der Waals surface area contributed by atoms with Gasteiger partial charge >= 0.3 is 5.97 Å². The molecule has 30 heavy (non-hydrogen) atoms. The normalized spacial score (nSPS) is 15.9. The topological polar surface area (TPSA) is 108 Å². The van der Waals surface area contributed by atoms with Crippen molar-refractivity contribution < 1.29 is 23.9 Å². The molecule has 0 aliphatic carbocycles. The number of rotatable bonds is 9. The highest BCUT2D eigenvalue weighted by Gasteiger charge is 2.34. The van der Waals surface area contributed by atoms with E-state index in [0.29, 0.717) is 25.4 Å². The second-order valence-electron chi connectivity index (χ2n) is 7.15. The van der Waals surface area contributed by atoms with Crippen LogP contribution in [0.5, 0.6) is 0 Å². The lowest BCUT2D eigenvalue weighted by Gasteiger charge is -2.34. The van der Waals surface area contributed by atoms with Gasteiger partial charge in [-0.2, -0.15) is 0 Å². The van der Waals surface area contributed by atoms with Crippen molar-refractivity contribution in [3.63, 3.8) is 0 Å². The monoisotopic (exact) mass is 418 g/mol. The molecule has 0 aromatic heterocycles. The van der Waals surface area contributed by atoms with Gasteiger partial charge in [0.05, 0.1) is 19.6 Å². The molecule has 1 aromatic carbocycles. The van der Waals surface area contributed by atoms with E-state index < -0.39 is 12.0 Å². The number of esters is 1. The summed E-state index contributed by atoms with van der Waals surface area (Å²) in [5, 5.41) is 5.72. The number of unbranched alkanes of at least 4 members (excludes halogenated alkanes) is 1. The first-order valence-electron chi connectivity index (χ1n) is 10.1. The summed E-state index contributed by atoms with van der Waals surface area (Å²) in [6, 6.07) is 6.23. The van der Waals surface area contributed by atoms with E-state index in [4.69, 9.17) is 4.74 Å². The third-order valence-corrected chi connectivity index (χ3v) is 4.94. The lowest BCUT2D eigenvalue weighted by molar-refractivity contribution is -0.151. The summed E-state index contributed by atoms with van der Waals surface area (Å²) >= 11 is 0. The van der Waals surface area contributed by atoms with Crippen molar-refractivity contribution >= 4 is 35.1 Å². The molecule has 1 aromatic rings. The Hall–Kier alpha value is -3.10. The Kier molecular flexibility index (Phi) is 8.64. The molecule has 1 saturated heterocycles. The zero-order chi connectivity index (χ0) is 22.1. The van der Waals surface area contributed by atoms with E-state index in [1.807, 2.05) is 6.92 Å². The van der Waals surface area contributed by atoms with Crippen LogP contribution in [0.1, 0.15) is 33.1 Å². The van der Waals surface area contributed by atoms with Crippen molar-refractivity contribution in [2.45, 2.75) is 39.2 Å². The van der Waals surface area contributed by atoms with Gasteiger partial charge in [0.1, 0.15) is 6.04 Å². The van der Waals surface area contributed by atoms with E-state index in [-0.39, 0.29) is 30.7 Å². The molecule has 1 fully saturated rings. The number of hydrogen-bond donors (Lipinski definition) is 2. The number of benzene rings is 1. The minimum atomic E-state index is -0.867. The number of amides is 3. The van der Waals surface area contributed by atoms with Crippen molar-refractivity contribution in [1.82, 2.24) is 10.2 Å². The van der Waals surface area contributed by atoms with Crippen LogP contribution in [0.2, 0.25) is 0 Å². The first-order chi connectivity index (χ1) is 14.3. The smallest absolute Gasteiger partial charge is 0.308 e. The number of nitrogens with one attached hydrogen (secondary N) is 2. The Labute approximate surface area is 176 Å². The van der Waals surface area contributed by atoms with Gasteiger partial charge in [0, 0.05) is 38.4 Å².